The van der Waals surface area contributed by atoms with Crippen molar-refractivity contribution in [3.05, 3.63) is 0 Å². The molecular weight excluding hydrogens is 308 g/mol. The normalized spacial score (nSPS) is 24.4. The van der Waals surface area contributed by atoms with Gasteiger partial charge in [-0.15, -0.1) is 0 Å². The summed E-state index contributed by atoms with van der Waals surface area (Å²) in [4.78, 5) is 9.06. The van der Waals surface area contributed by atoms with Crippen LogP contribution in [0.2, 0.25) is 0 Å². The highest BCUT2D eigenvalue weighted by Crippen LogP contribution is 2.14. The fourth-order valence-electron chi connectivity index (χ4n) is 3.22. The summed E-state index contributed by atoms with van der Waals surface area (Å²) in [6.07, 6.45) is 3.68. The molecule has 0 radical (unpaired) electrons. The number of methoxy groups -OCH3 is 1. The molecule has 1 atom stereocenters. The Balaban J connectivity index is 1.65. The van der Waals surface area contributed by atoms with Crippen LogP contribution in [-0.4, -0.2) is 102 Å². The Bertz CT molecular complexity index is 373. The number of likely N-dealkylation sites (N-methyl/N-ethyl adjacent to an activating group) is 1. The molecule has 0 aromatic carbocycles. The maximum atomic E-state index is 5.92. The lowest BCUT2D eigenvalue weighted by molar-refractivity contribution is -0.0168. The summed E-state index contributed by atoms with van der Waals surface area (Å²) in [5.41, 5.74) is 0. The first-order valence-electron chi connectivity index (χ1n) is 9.09. The van der Waals surface area contributed by atoms with Gasteiger partial charge in [-0.25, -0.2) is 0 Å². The molecule has 7 heteroatoms. The molecule has 140 valence electrons. The molecule has 2 fully saturated rings. The Morgan fingerprint density at radius 3 is 2.71 bits per heavy atom. The van der Waals surface area contributed by atoms with Crippen molar-refractivity contribution in [2.75, 3.05) is 73.7 Å². The van der Waals surface area contributed by atoms with Crippen LogP contribution in [0, 0.1) is 0 Å². The second kappa shape index (κ2) is 10.9. The van der Waals surface area contributed by atoms with E-state index in [9.17, 15) is 0 Å². The van der Waals surface area contributed by atoms with Crippen LogP contribution in [0.15, 0.2) is 4.99 Å². The molecule has 0 bridgehead atoms. The average molecular weight is 342 g/mol. The van der Waals surface area contributed by atoms with E-state index in [1.807, 2.05) is 7.05 Å². The average Bonchev–Trinajstić information content (AvgIpc) is 2.60. The summed E-state index contributed by atoms with van der Waals surface area (Å²) in [6, 6.07) is 0. The first-order chi connectivity index (χ1) is 11.7. The van der Waals surface area contributed by atoms with Crippen molar-refractivity contribution in [3.63, 3.8) is 0 Å². The van der Waals surface area contributed by atoms with Crippen molar-refractivity contribution in [2.24, 2.45) is 4.99 Å². The Hall–Kier alpha value is -0.890. The zero-order valence-electron chi connectivity index (χ0n) is 15.5. The van der Waals surface area contributed by atoms with Crippen molar-refractivity contribution < 1.29 is 14.2 Å². The predicted octanol–water partition coefficient (Wildman–Crippen LogP) is 0.410. The molecule has 24 heavy (non-hydrogen) atoms. The van der Waals surface area contributed by atoms with Gasteiger partial charge in [0, 0.05) is 60.1 Å². The molecule has 1 N–H and O–H groups in total. The molecule has 0 aromatic heterocycles. The van der Waals surface area contributed by atoms with Gasteiger partial charge in [0.1, 0.15) is 0 Å². The van der Waals surface area contributed by atoms with E-state index in [-0.39, 0.29) is 6.10 Å². The van der Waals surface area contributed by atoms with E-state index >= 15 is 0 Å². The first kappa shape index (κ1) is 19.4. The number of hydrogen-bond acceptors (Lipinski definition) is 5. The molecule has 0 aromatic rings. The SMILES string of the molecule is CN=C(NCC1CN(C)CCO1)N1CCC(OCCCOC)CC1. The summed E-state index contributed by atoms with van der Waals surface area (Å²) in [5.74, 6) is 0.977. The quantitative estimate of drug-likeness (QED) is 0.411. The van der Waals surface area contributed by atoms with E-state index in [0.717, 1.165) is 77.8 Å². The maximum absolute atomic E-state index is 5.92. The number of nitrogens with zero attached hydrogens (tertiary/aromatic N) is 3. The van der Waals surface area contributed by atoms with Gasteiger partial charge in [0.25, 0.3) is 0 Å². The van der Waals surface area contributed by atoms with Crippen molar-refractivity contribution in [3.8, 4) is 0 Å². The minimum atomic E-state index is 0.238. The van der Waals surface area contributed by atoms with Crippen LogP contribution in [-0.2, 0) is 14.2 Å². The number of likely N-dealkylation sites (tertiary alicyclic amines) is 1. The maximum Gasteiger partial charge on any atom is 0.193 e. The van der Waals surface area contributed by atoms with Crippen LogP contribution in [0.3, 0.4) is 0 Å². The Morgan fingerprint density at radius 1 is 1.25 bits per heavy atom. The number of morpholine rings is 1. The Kier molecular flexibility index (Phi) is 8.80. The fourth-order valence-corrected chi connectivity index (χ4v) is 3.22. The predicted molar refractivity (Wildman–Crippen MR) is 95.6 cm³/mol. The summed E-state index contributed by atoms with van der Waals surface area (Å²) >= 11 is 0. The van der Waals surface area contributed by atoms with Crippen molar-refractivity contribution in [2.45, 2.75) is 31.5 Å². The number of nitrogens with one attached hydrogen (secondary N) is 1. The van der Waals surface area contributed by atoms with E-state index < -0.39 is 0 Å². The van der Waals surface area contributed by atoms with Crippen LogP contribution < -0.4 is 5.32 Å². The lowest BCUT2D eigenvalue weighted by atomic mass is 10.1. The standard InChI is InChI=1S/C17H34N4O3/c1-18-17(19-13-16-14-20(2)9-12-24-16)21-7-5-15(6-8-21)23-11-4-10-22-3/h15-16H,4-14H2,1-3H3,(H,18,19). The highest BCUT2D eigenvalue weighted by atomic mass is 16.5. The van der Waals surface area contributed by atoms with Gasteiger partial charge in [-0.3, -0.25) is 4.99 Å². The smallest absolute Gasteiger partial charge is 0.193 e. The summed E-state index contributed by atoms with van der Waals surface area (Å²) in [5, 5.41) is 3.47. The number of hydrogen-bond donors (Lipinski definition) is 1. The largest absolute Gasteiger partial charge is 0.385 e. The van der Waals surface area contributed by atoms with Crippen LogP contribution >= 0.6 is 0 Å². The van der Waals surface area contributed by atoms with Gasteiger partial charge in [0.2, 0.25) is 0 Å². The third-order valence-corrected chi connectivity index (χ3v) is 4.63. The first-order valence-corrected chi connectivity index (χ1v) is 9.09. The molecule has 2 aliphatic heterocycles. The van der Waals surface area contributed by atoms with E-state index in [4.69, 9.17) is 14.2 Å². The molecule has 0 amide bonds. The molecule has 2 aliphatic rings. The van der Waals surface area contributed by atoms with E-state index in [1.54, 1.807) is 7.11 Å². The summed E-state index contributed by atoms with van der Waals surface area (Å²) in [7, 11) is 5.72. The summed E-state index contributed by atoms with van der Waals surface area (Å²) < 4.78 is 16.8. The zero-order valence-corrected chi connectivity index (χ0v) is 15.5. The molecule has 1 unspecified atom stereocenters. The van der Waals surface area contributed by atoms with Gasteiger partial charge in [-0.1, -0.05) is 0 Å². The monoisotopic (exact) mass is 342 g/mol. The molecule has 2 rings (SSSR count). The van der Waals surface area contributed by atoms with Crippen LogP contribution in [0.5, 0.6) is 0 Å². The minimum Gasteiger partial charge on any atom is -0.385 e. The highest BCUT2D eigenvalue weighted by Gasteiger charge is 2.23. The number of guanidine groups is 1. The van der Waals surface area contributed by atoms with Crippen molar-refractivity contribution >= 4 is 5.96 Å². The van der Waals surface area contributed by atoms with Gasteiger partial charge in [0.05, 0.1) is 18.8 Å². The molecule has 7 nitrogen and oxygen atoms in total. The lowest BCUT2D eigenvalue weighted by Gasteiger charge is -2.35. The van der Waals surface area contributed by atoms with Crippen LogP contribution in [0.25, 0.3) is 0 Å². The van der Waals surface area contributed by atoms with Gasteiger partial charge in [-0.05, 0) is 26.3 Å². The van der Waals surface area contributed by atoms with Crippen LogP contribution in [0.4, 0.5) is 0 Å². The van der Waals surface area contributed by atoms with Crippen molar-refractivity contribution in [1.82, 2.24) is 15.1 Å². The van der Waals surface area contributed by atoms with Gasteiger partial charge < -0.3 is 29.3 Å². The second-order valence-corrected chi connectivity index (χ2v) is 6.59. The number of rotatable bonds is 7. The molecule has 0 spiro atoms. The fraction of sp³-hybridized carbons (Fsp3) is 0.941. The lowest BCUT2D eigenvalue weighted by Crippen LogP contribution is -2.51. The number of aliphatic imine (C=N–C) groups is 1. The van der Waals surface area contributed by atoms with E-state index in [2.05, 4.69) is 27.2 Å². The molecular formula is C17H34N4O3. The minimum absolute atomic E-state index is 0.238. The Labute approximate surface area is 146 Å². The van der Waals surface area contributed by atoms with Gasteiger partial charge >= 0.3 is 0 Å². The van der Waals surface area contributed by atoms with E-state index in [0.29, 0.717) is 6.10 Å². The zero-order chi connectivity index (χ0) is 17.2. The van der Waals surface area contributed by atoms with Crippen molar-refractivity contribution in [1.29, 1.82) is 0 Å². The topological polar surface area (TPSA) is 58.6 Å². The number of piperidine rings is 1. The molecule has 2 saturated heterocycles. The second-order valence-electron chi connectivity index (χ2n) is 6.59. The van der Waals surface area contributed by atoms with E-state index in [1.165, 1.54) is 0 Å². The third-order valence-electron chi connectivity index (χ3n) is 4.63. The molecule has 0 saturated carbocycles. The van der Waals surface area contributed by atoms with Gasteiger partial charge in [0.15, 0.2) is 5.96 Å². The Morgan fingerprint density at radius 2 is 2.04 bits per heavy atom. The molecule has 0 aliphatic carbocycles. The van der Waals surface area contributed by atoms with Crippen LogP contribution in [0.1, 0.15) is 19.3 Å². The number of ether oxygens (including phenoxy) is 3. The van der Waals surface area contributed by atoms with Gasteiger partial charge in [-0.2, -0.15) is 0 Å². The molecule has 2 heterocycles. The third kappa shape index (κ3) is 6.55. The summed E-state index contributed by atoms with van der Waals surface area (Å²) in [6.45, 7) is 7.15. The highest BCUT2D eigenvalue weighted by molar-refractivity contribution is 5.80.